The SMILES string of the molecule is CCC(O)(NC(C)O)C(C)S(=O)(=O)O. The van der Waals surface area contributed by atoms with E-state index in [9.17, 15) is 13.5 Å². The quantitative estimate of drug-likeness (QED) is 0.365. The lowest BCUT2D eigenvalue weighted by molar-refractivity contribution is -0.0450. The van der Waals surface area contributed by atoms with Crippen LogP contribution in [0.25, 0.3) is 0 Å². The number of hydrogen-bond donors (Lipinski definition) is 4. The second kappa shape index (κ2) is 4.54. The van der Waals surface area contributed by atoms with Crippen molar-refractivity contribution in [3.63, 3.8) is 0 Å². The van der Waals surface area contributed by atoms with E-state index >= 15 is 0 Å². The second-order valence-electron chi connectivity index (χ2n) is 3.26. The van der Waals surface area contributed by atoms with Crippen molar-refractivity contribution in [1.29, 1.82) is 0 Å². The molecule has 0 aromatic carbocycles. The summed E-state index contributed by atoms with van der Waals surface area (Å²) in [5, 5.41) is 19.6. The van der Waals surface area contributed by atoms with Crippen LogP contribution in [0.1, 0.15) is 27.2 Å². The van der Waals surface area contributed by atoms with Gasteiger partial charge in [0.2, 0.25) is 0 Å². The molecule has 86 valence electrons. The highest BCUT2D eigenvalue weighted by molar-refractivity contribution is 7.86. The van der Waals surface area contributed by atoms with Crippen molar-refractivity contribution >= 4 is 10.1 Å². The van der Waals surface area contributed by atoms with Gasteiger partial charge in [-0.1, -0.05) is 6.92 Å². The number of rotatable bonds is 5. The van der Waals surface area contributed by atoms with Crippen LogP contribution >= 0.6 is 0 Å². The highest BCUT2D eigenvalue weighted by Crippen LogP contribution is 2.18. The van der Waals surface area contributed by atoms with Crippen LogP contribution in [0.3, 0.4) is 0 Å². The fourth-order valence-corrected chi connectivity index (χ4v) is 1.84. The average molecular weight is 227 g/mol. The predicted octanol–water partition coefficient (Wildman–Crippen LogP) is -0.711. The summed E-state index contributed by atoms with van der Waals surface area (Å²) in [5.74, 6) is 0. The molecule has 0 aliphatic heterocycles. The van der Waals surface area contributed by atoms with Gasteiger partial charge in [-0.25, -0.2) is 0 Å². The van der Waals surface area contributed by atoms with Crippen LogP contribution in [0, 0.1) is 0 Å². The molecule has 0 aliphatic rings. The maximum Gasteiger partial charge on any atom is 0.271 e. The molecule has 6 nitrogen and oxygen atoms in total. The molecule has 7 heteroatoms. The maximum atomic E-state index is 10.8. The van der Waals surface area contributed by atoms with Gasteiger partial charge >= 0.3 is 0 Å². The van der Waals surface area contributed by atoms with Gasteiger partial charge in [-0.2, -0.15) is 8.42 Å². The predicted molar refractivity (Wildman–Crippen MR) is 51.1 cm³/mol. The zero-order valence-corrected chi connectivity index (χ0v) is 9.24. The molecular formula is C7H17NO5S. The highest BCUT2D eigenvalue weighted by Gasteiger charge is 2.40. The Labute approximate surface area is 83.7 Å². The van der Waals surface area contributed by atoms with E-state index in [2.05, 4.69) is 5.32 Å². The monoisotopic (exact) mass is 227 g/mol. The number of hydrogen-bond acceptors (Lipinski definition) is 5. The zero-order chi connectivity index (χ0) is 11.6. The van der Waals surface area contributed by atoms with E-state index in [1.54, 1.807) is 0 Å². The lowest BCUT2D eigenvalue weighted by Gasteiger charge is -2.33. The number of nitrogens with one attached hydrogen (secondary N) is 1. The molecular weight excluding hydrogens is 210 g/mol. The van der Waals surface area contributed by atoms with E-state index in [1.807, 2.05) is 0 Å². The third-order valence-corrected chi connectivity index (χ3v) is 3.40. The molecule has 0 amide bonds. The maximum absolute atomic E-state index is 10.8. The summed E-state index contributed by atoms with van der Waals surface area (Å²) in [7, 11) is -4.34. The fourth-order valence-electron chi connectivity index (χ4n) is 1.11. The highest BCUT2D eigenvalue weighted by atomic mass is 32.2. The van der Waals surface area contributed by atoms with Crippen molar-refractivity contribution < 1.29 is 23.2 Å². The molecule has 0 fully saturated rings. The minimum atomic E-state index is -4.34. The van der Waals surface area contributed by atoms with E-state index in [0.29, 0.717) is 0 Å². The molecule has 0 spiro atoms. The molecule has 0 saturated carbocycles. The van der Waals surface area contributed by atoms with Gasteiger partial charge in [0.15, 0.2) is 0 Å². The van der Waals surface area contributed by atoms with Gasteiger partial charge in [0, 0.05) is 0 Å². The molecule has 0 rings (SSSR count). The van der Waals surface area contributed by atoms with E-state index < -0.39 is 27.3 Å². The first-order valence-corrected chi connectivity index (χ1v) is 5.78. The van der Waals surface area contributed by atoms with Crippen molar-refractivity contribution in [1.82, 2.24) is 5.32 Å². The zero-order valence-electron chi connectivity index (χ0n) is 8.43. The summed E-state index contributed by atoms with van der Waals surface area (Å²) in [5.41, 5.74) is -1.83. The van der Waals surface area contributed by atoms with E-state index in [4.69, 9.17) is 9.66 Å². The third-order valence-electron chi connectivity index (χ3n) is 2.12. The molecule has 14 heavy (non-hydrogen) atoms. The summed E-state index contributed by atoms with van der Waals surface area (Å²) >= 11 is 0. The summed E-state index contributed by atoms with van der Waals surface area (Å²) < 4.78 is 30.3. The minimum Gasteiger partial charge on any atom is -0.379 e. The molecule has 3 atom stereocenters. The van der Waals surface area contributed by atoms with Gasteiger partial charge in [-0.15, -0.1) is 0 Å². The Morgan fingerprint density at radius 2 is 1.86 bits per heavy atom. The first-order chi connectivity index (χ1) is 6.13. The topological polar surface area (TPSA) is 107 Å². The molecule has 0 saturated heterocycles. The Balaban J connectivity index is 4.86. The van der Waals surface area contributed by atoms with Crippen LogP contribution in [-0.4, -0.2) is 40.4 Å². The summed E-state index contributed by atoms with van der Waals surface area (Å²) in [6.45, 7) is 4.04. The summed E-state index contributed by atoms with van der Waals surface area (Å²) in [4.78, 5) is 0. The van der Waals surface area contributed by atoms with Gasteiger partial charge < -0.3 is 10.2 Å². The van der Waals surface area contributed by atoms with Crippen LogP contribution in [0.5, 0.6) is 0 Å². The van der Waals surface area contributed by atoms with Gasteiger partial charge in [0.05, 0.1) is 0 Å². The molecule has 0 aliphatic carbocycles. The third kappa shape index (κ3) is 3.50. The molecule has 0 aromatic rings. The van der Waals surface area contributed by atoms with Crippen molar-refractivity contribution in [2.45, 2.75) is 44.4 Å². The molecule has 4 N–H and O–H groups in total. The van der Waals surface area contributed by atoms with Crippen LogP contribution in [-0.2, 0) is 10.1 Å². The van der Waals surface area contributed by atoms with Crippen LogP contribution in [0.2, 0.25) is 0 Å². The molecule has 0 bridgehead atoms. The van der Waals surface area contributed by atoms with Crippen LogP contribution in [0.4, 0.5) is 0 Å². The minimum absolute atomic E-state index is 0.0405. The Kier molecular flexibility index (Phi) is 4.47. The van der Waals surface area contributed by atoms with Crippen molar-refractivity contribution in [2.24, 2.45) is 0 Å². The largest absolute Gasteiger partial charge is 0.379 e. The first kappa shape index (κ1) is 13.8. The van der Waals surface area contributed by atoms with Gasteiger partial charge in [-0.05, 0) is 20.3 Å². The standard InChI is InChI=1S/C7H17NO5S/c1-4-7(10,8-6(3)9)5(2)14(11,12)13/h5-6,8-10H,4H2,1-3H3,(H,11,12,13). The Bertz CT molecular complexity index is 276. The second-order valence-corrected chi connectivity index (χ2v) is 4.99. The molecule has 0 heterocycles. The van der Waals surface area contributed by atoms with Crippen molar-refractivity contribution in [3.05, 3.63) is 0 Å². The van der Waals surface area contributed by atoms with Crippen molar-refractivity contribution in [3.8, 4) is 0 Å². The summed E-state index contributed by atoms with van der Waals surface area (Å²) in [6.07, 6.45) is -1.03. The summed E-state index contributed by atoms with van der Waals surface area (Å²) in [6, 6.07) is 0. The van der Waals surface area contributed by atoms with Gasteiger partial charge in [0.25, 0.3) is 10.1 Å². The van der Waals surface area contributed by atoms with Crippen LogP contribution in [0.15, 0.2) is 0 Å². The lowest BCUT2D eigenvalue weighted by atomic mass is 10.1. The Morgan fingerprint density at radius 3 is 2.07 bits per heavy atom. The fraction of sp³-hybridized carbons (Fsp3) is 1.00. The number of aliphatic hydroxyl groups excluding tert-OH is 1. The molecule has 3 unspecified atom stereocenters. The lowest BCUT2D eigenvalue weighted by Crippen LogP contribution is -2.58. The van der Waals surface area contributed by atoms with E-state index in [0.717, 1.165) is 6.92 Å². The van der Waals surface area contributed by atoms with Crippen LogP contribution < -0.4 is 5.32 Å². The smallest absolute Gasteiger partial charge is 0.271 e. The Hall–Kier alpha value is -0.210. The van der Waals surface area contributed by atoms with Gasteiger partial charge in [0.1, 0.15) is 17.2 Å². The molecule has 0 radical (unpaired) electrons. The Morgan fingerprint density at radius 1 is 1.43 bits per heavy atom. The number of aliphatic hydroxyl groups is 2. The van der Waals surface area contributed by atoms with Crippen molar-refractivity contribution in [2.75, 3.05) is 0 Å². The first-order valence-electron chi connectivity index (χ1n) is 4.28. The van der Waals surface area contributed by atoms with E-state index in [-0.39, 0.29) is 6.42 Å². The van der Waals surface area contributed by atoms with Gasteiger partial charge in [-0.3, -0.25) is 9.87 Å². The average Bonchev–Trinajstić information content (AvgIpc) is 2.00. The van der Waals surface area contributed by atoms with E-state index in [1.165, 1.54) is 13.8 Å². The molecule has 0 aromatic heterocycles. The normalized spacial score (nSPS) is 21.3.